The van der Waals surface area contributed by atoms with Crippen LogP contribution in [0.5, 0.6) is 0 Å². The van der Waals surface area contributed by atoms with Crippen molar-refractivity contribution < 1.29 is 14.0 Å². The quantitative estimate of drug-likeness (QED) is 0.647. The van der Waals surface area contributed by atoms with Gasteiger partial charge in [0.25, 0.3) is 0 Å². The molecule has 2 amide bonds. The molecular formula is C22H21ClFN3O2. The number of H-pyrrole nitrogens is 1. The summed E-state index contributed by atoms with van der Waals surface area (Å²) in [4.78, 5) is 29.7. The van der Waals surface area contributed by atoms with Gasteiger partial charge in [0.2, 0.25) is 11.8 Å². The van der Waals surface area contributed by atoms with Crippen molar-refractivity contribution in [1.82, 2.24) is 15.2 Å². The Balaban J connectivity index is 1.33. The molecule has 5 nitrogen and oxygen atoms in total. The fourth-order valence-corrected chi connectivity index (χ4v) is 3.95. The Morgan fingerprint density at radius 1 is 1.24 bits per heavy atom. The average Bonchev–Trinajstić information content (AvgIpc) is 3.28. The summed E-state index contributed by atoms with van der Waals surface area (Å²) < 4.78 is 13.5. The number of nitrogens with one attached hydrogen (secondary N) is 2. The highest BCUT2D eigenvalue weighted by Crippen LogP contribution is 2.23. The molecule has 3 aromatic rings. The van der Waals surface area contributed by atoms with Gasteiger partial charge in [-0.05, 0) is 41.8 Å². The van der Waals surface area contributed by atoms with Crippen LogP contribution in [0.1, 0.15) is 17.5 Å². The molecule has 0 spiro atoms. The summed E-state index contributed by atoms with van der Waals surface area (Å²) in [6.07, 6.45) is 2.65. The zero-order chi connectivity index (χ0) is 20.4. The number of likely N-dealkylation sites (tertiary alicyclic amines) is 1. The van der Waals surface area contributed by atoms with E-state index in [0.29, 0.717) is 31.1 Å². The van der Waals surface area contributed by atoms with Gasteiger partial charge in [0.05, 0.1) is 5.92 Å². The van der Waals surface area contributed by atoms with Gasteiger partial charge in [0.1, 0.15) is 5.82 Å². The number of hydrogen-bond donors (Lipinski definition) is 2. The predicted molar refractivity (Wildman–Crippen MR) is 110 cm³/mol. The van der Waals surface area contributed by atoms with E-state index in [1.165, 1.54) is 12.1 Å². The zero-order valence-electron chi connectivity index (χ0n) is 15.8. The van der Waals surface area contributed by atoms with E-state index in [1.54, 1.807) is 17.0 Å². The van der Waals surface area contributed by atoms with Crippen molar-refractivity contribution >= 4 is 34.3 Å². The van der Waals surface area contributed by atoms with E-state index in [0.717, 1.165) is 22.0 Å². The monoisotopic (exact) mass is 413 g/mol. The molecule has 1 aromatic heterocycles. The van der Waals surface area contributed by atoms with Gasteiger partial charge in [0.15, 0.2) is 0 Å². The number of nitrogens with zero attached hydrogens (tertiary/aromatic N) is 1. The maximum Gasteiger partial charge on any atom is 0.225 e. The number of aromatic amines is 1. The first-order valence-corrected chi connectivity index (χ1v) is 9.93. The lowest BCUT2D eigenvalue weighted by atomic mass is 10.1. The summed E-state index contributed by atoms with van der Waals surface area (Å²) in [5.41, 5.74) is 2.67. The smallest absolute Gasteiger partial charge is 0.225 e. The van der Waals surface area contributed by atoms with E-state index in [2.05, 4.69) is 10.3 Å². The fourth-order valence-electron chi connectivity index (χ4n) is 3.75. The Morgan fingerprint density at radius 3 is 2.90 bits per heavy atom. The first kappa shape index (κ1) is 19.5. The normalized spacial score (nSPS) is 16.6. The molecule has 1 aliphatic rings. The van der Waals surface area contributed by atoms with Crippen molar-refractivity contribution in [3.8, 4) is 0 Å². The first-order chi connectivity index (χ1) is 14.0. The number of rotatable bonds is 6. The number of fused-ring (bicyclic) bond motifs is 1. The Hall–Kier alpha value is -2.86. The molecule has 1 atom stereocenters. The number of benzene rings is 2. The zero-order valence-corrected chi connectivity index (χ0v) is 16.5. The molecular weight excluding hydrogens is 393 g/mol. The molecule has 1 aliphatic heterocycles. The molecule has 29 heavy (non-hydrogen) atoms. The summed E-state index contributed by atoms with van der Waals surface area (Å²) in [5, 5.41) is 4.30. The van der Waals surface area contributed by atoms with Crippen LogP contribution in [-0.2, 0) is 22.6 Å². The van der Waals surface area contributed by atoms with Crippen LogP contribution in [0, 0.1) is 11.7 Å². The third kappa shape index (κ3) is 4.27. The standard InChI is InChI=1S/C22H21ClFN3O2/c23-19-4-2-1-3-15(19)12-26-22(29)16-9-21(28)27(13-16)8-7-14-11-25-20-6-5-17(24)10-18(14)20/h1-6,10-11,16,25H,7-9,12-13H2,(H,26,29). The number of aromatic nitrogens is 1. The summed E-state index contributed by atoms with van der Waals surface area (Å²) in [5.74, 6) is -0.833. The molecule has 1 unspecified atom stereocenters. The van der Waals surface area contributed by atoms with Gasteiger partial charge in [-0.3, -0.25) is 9.59 Å². The Labute approximate surface area is 172 Å². The van der Waals surface area contributed by atoms with Crippen molar-refractivity contribution in [1.29, 1.82) is 0 Å². The number of carbonyl (C=O) groups excluding carboxylic acids is 2. The predicted octanol–water partition coefficient (Wildman–Crippen LogP) is 3.67. The van der Waals surface area contributed by atoms with E-state index in [9.17, 15) is 14.0 Å². The highest BCUT2D eigenvalue weighted by molar-refractivity contribution is 6.31. The van der Waals surface area contributed by atoms with Crippen LogP contribution in [0.2, 0.25) is 5.02 Å². The molecule has 0 aliphatic carbocycles. The third-order valence-corrected chi connectivity index (χ3v) is 5.75. The lowest BCUT2D eigenvalue weighted by Crippen LogP contribution is -2.33. The van der Waals surface area contributed by atoms with Crippen molar-refractivity contribution in [3.05, 3.63) is 70.6 Å². The second kappa shape index (κ2) is 8.25. The Morgan fingerprint density at radius 2 is 2.07 bits per heavy atom. The van der Waals surface area contributed by atoms with Crippen LogP contribution in [0.25, 0.3) is 10.9 Å². The second-order valence-electron chi connectivity index (χ2n) is 7.30. The van der Waals surface area contributed by atoms with Crippen LogP contribution >= 0.6 is 11.6 Å². The van der Waals surface area contributed by atoms with E-state index in [4.69, 9.17) is 11.6 Å². The van der Waals surface area contributed by atoms with Gasteiger partial charge in [-0.2, -0.15) is 0 Å². The molecule has 2 N–H and O–H groups in total. The average molecular weight is 414 g/mol. The molecule has 2 heterocycles. The number of carbonyl (C=O) groups is 2. The van der Waals surface area contributed by atoms with Crippen molar-refractivity contribution in [2.24, 2.45) is 5.92 Å². The van der Waals surface area contributed by atoms with Crippen LogP contribution in [0.15, 0.2) is 48.7 Å². The van der Waals surface area contributed by atoms with E-state index in [-0.39, 0.29) is 30.0 Å². The minimum atomic E-state index is -0.370. The van der Waals surface area contributed by atoms with Gasteiger partial charge < -0.3 is 15.2 Å². The SMILES string of the molecule is O=C(NCc1ccccc1Cl)C1CC(=O)N(CCc2c[nH]c3ccc(F)cc23)C1. The maximum atomic E-state index is 13.5. The topological polar surface area (TPSA) is 65.2 Å². The van der Waals surface area contributed by atoms with Gasteiger partial charge in [0, 0.05) is 48.2 Å². The molecule has 0 radical (unpaired) electrons. The molecule has 150 valence electrons. The fraction of sp³-hybridized carbons (Fsp3) is 0.273. The van der Waals surface area contributed by atoms with E-state index >= 15 is 0 Å². The Bertz CT molecular complexity index is 1070. The highest BCUT2D eigenvalue weighted by atomic mass is 35.5. The summed E-state index contributed by atoms with van der Waals surface area (Å²) in [7, 11) is 0. The highest BCUT2D eigenvalue weighted by Gasteiger charge is 2.34. The van der Waals surface area contributed by atoms with Crippen molar-refractivity contribution in [3.63, 3.8) is 0 Å². The van der Waals surface area contributed by atoms with Gasteiger partial charge >= 0.3 is 0 Å². The maximum absolute atomic E-state index is 13.5. The molecule has 1 fully saturated rings. The van der Waals surface area contributed by atoms with E-state index in [1.807, 2.05) is 24.4 Å². The number of halogens is 2. The van der Waals surface area contributed by atoms with Crippen molar-refractivity contribution in [2.75, 3.05) is 13.1 Å². The third-order valence-electron chi connectivity index (χ3n) is 5.38. The minimum absolute atomic E-state index is 0.0334. The first-order valence-electron chi connectivity index (χ1n) is 9.55. The summed E-state index contributed by atoms with van der Waals surface area (Å²) in [6.45, 7) is 1.23. The number of hydrogen-bond acceptors (Lipinski definition) is 2. The van der Waals surface area contributed by atoms with Crippen LogP contribution in [0.3, 0.4) is 0 Å². The minimum Gasteiger partial charge on any atom is -0.361 e. The summed E-state index contributed by atoms with van der Waals surface area (Å²) >= 11 is 6.12. The molecule has 0 bridgehead atoms. The van der Waals surface area contributed by atoms with Gasteiger partial charge in [-0.1, -0.05) is 29.8 Å². The Kier molecular flexibility index (Phi) is 5.53. The van der Waals surface area contributed by atoms with Crippen molar-refractivity contribution in [2.45, 2.75) is 19.4 Å². The molecule has 1 saturated heterocycles. The van der Waals surface area contributed by atoms with Crippen LogP contribution in [0.4, 0.5) is 4.39 Å². The lowest BCUT2D eigenvalue weighted by molar-refractivity contribution is -0.129. The molecule has 0 saturated carbocycles. The van der Waals surface area contributed by atoms with Gasteiger partial charge in [-0.15, -0.1) is 0 Å². The van der Waals surface area contributed by atoms with E-state index < -0.39 is 0 Å². The molecule has 7 heteroatoms. The van der Waals surface area contributed by atoms with Crippen LogP contribution < -0.4 is 5.32 Å². The molecule has 2 aromatic carbocycles. The number of amides is 2. The van der Waals surface area contributed by atoms with Gasteiger partial charge in [-0.25, -0.2) is 4.39 Å². The second-order valence-corrected chi connectivity index (χ2v) is 7.71. The van der Waals surface area contributed by atoms with Crippen LogP contribution in [-0.4, -0.2) is 34.8 Å². The largest absolute Gasteiger partial charge is 0.361 e. The summed E-state index contributed by atoms with van der Waals surface area (Å²) in [6, 6.07) is 12.0. The lowest BCUT2D eigenvalue weighted by Gasteiger charge is -2.16. The molecule has 4 rings (SSSR count).